The second kappa shape index (κ2) is 6.65. The standard InChI is InChI=1S/C16H15FN2O2/c1-19(2)10-8-14(20)13-7-6-12(17)11-15(13)21-16-5-3-4-9-18-16/h3-11H,1-2H3/b10-8+. The van der Waals surface area contributed by atoms with Crippen molar-refractivity contribution in [1.82, 2.24) is 9.88 Å². The monoisotopic (exact) mass is 286 g/mol. The molecule has 0 aliphatic carbocycles. The largest absolute Gasteiger partial charge is 0.438 e. The highest BCUT2D eigenvalue weighted by Gasteiger charge is 2.12. The first kappa shape index (κ1) is 14.7. The Balaban J connectivity index is 2.31. The van der Waals surface area contributed by atoms with E-state index in [1.54, 1.807) is 49.6 Å². The van der Waals surface area contributed by atoms with Gasteiger partial charge in [0.25, 0.3) is 0 Å². The van der Waals surface area contributed by atoms with Crippen LogP contribution in [0.5, 0.6) is 11.6 Å². The van der Waals surface area contributed by atoms with Gasteiger partial charge in [-0.2, -0.15) is 0 Å². The molecule has 1 aromatic carbocycles. The molecule has 0 fully saturated rings. The maximum Gasteiger partial charge on any atom is 0.219 e. The van der Waals surface area contributed by atoms with Crippen LogP contribution in [0, 0.1) is 5.82 Å². The molecule has 4 nitrogen and oxygen atoms in total. The van der Waals surface area contributed by atoms with Crippen LogP contribution >= 0.6 is 0 Å². The predicted octanol–water partition coefficient (Wildman–Crippen LogP) is 3.27. The van der Waals surface area contributed by atoms with Crippen LogP contribution in [-0.2, 0) is 0 Å². The van der Waals surface area contributed by atoms with Gasteiger partial charge in [-0.1, -0.05) is 6.07 Å². The van der Waals surface area contributed by atoms with E-state index in [4.69, 9.17) is 4.74 Å². The number of ketones is 1. The third-order valence-corrected chi connectivity index (χ3v) is 2.59. The summed E-state index contributed by atoms with van der Waals surface area (Å²) in [6.45, 7) is 0. The summed E-state index contributed by atoms with van der Waals surface area (Å²) in [6, 6.07) is 8.91. The molecule has 2 aromatic rings. The SMILES string of the molecule is CN(C)/C=C/C(=O)c1ccc(F)cc1Oc1ccccn1. The van der Waals surface area contributed by atoms with Gasteiger partial charge in [-0.25, -0.2) is 9.37 Å². The summed E-state index contributed by atoms with van der Waals surface area (Å²) in [4.78, 5) is 17.9. The highest BCUT2D eigenvalue weighted by Crippen LogP contribution is 2.25. The summed E-state index contributed by atoms with van der Waals surface area (Å²) < 4.78 is 18.9. The Morgan fingerprint density at radius 2 is 2.10 bits per heavy atom. The number of hydrogen-bond acceptors (Lipinski definition) is 4. The van der Waals surface area contributed by atoms with E-state index in [2.05, 4.69) is 4.98 Å². The minimum absolute atomic E-state index is 0.141. The first-order chi connectivity index (χ1) is 10.1. The van der Waals surface area contributed by atoms with Crippen LogP contribution in [0.4, 0.5) is 4.39 Å². The molecular formula is C16H15FN2O2. The number of allylic oxidation sites excluding steroid dienone is 1. The number of nitrogens with zero attached hydrogens (tertiary/aromatic N) is 2. The van der Waals surface area contributed by atoms with Gasteiger partial charge in [-0.3, -0.25) is 4.79 Å². The van der Waals surface area contributed by atoms with E-state index in [0.717, 1.165) is 0 Å². The van der Waals surface area contributed by atoms with Gasteiger partial charge in [0.15, 0.2) is 5.78 Å². The molecule has 108 valence electrons. The fourth-order valence-corrected chi connectivity index (χ4v) is 1.61. The van der Waals surface area contributed by atoms with Crippen molar-refractivity contribution in [2.24, 2.45) is 0 Å². The van der Waals surface area contributed by atoms with Crippen LogP contribution in [0.2, 0.25) is 0 Å². The minimum Gasteiger partial charge on any atom is -0.438 e. The van der Waals surface area contributed by atoms with E-state index in [1.807, 2.05) is 0 Å². The van der Waals surface area contributed by atoms with Crippen molar-refractivity contribution >= 4 is 5.78 Å². The van der Waals surface area contributed by atoms with Crippen LogP contribution in [0.25, 0.3) is 0 Å². The molecule has 1 heterocycles. The number of benzene rings is 1. The lowest BCUT2D eigenvalue weighted by Gasteiger charge is -2.09. The molecule has 1 aromatic heterocycles. The van der Waals surface area contributed by atoms with Gasteiger partial charge in [-0.15, -0.1) is 0 Å². The molecule has 5 heteroatoms. The van der Waals surface area contributed by atoms with E-state index < -0.39 is 5.82 Å². The topological polar surface area (TPSA) is 42.4 Å². The highest BCUT2D eigenvalue weighted by molar-refractivity contribution is 6.06. The molecule has 0 bridgehead atoms. The van der Waals surface area contributed by atoms with Gasteiger partial charge >= 0.3 is 0 Å². The number of ether oxygens (including phenoxy) is 1. The number of hydrogen-bond donors (Lipinski definition) is 0. The molecular weight excluding hydrogens is 271 g/mol. The zero-order valence-corrected chi connectivity index (χ0v) is 11.8. The molecule has 0 saturated heterocycles. The molecule has 0 radical (unpaired) electrons. The average Bonchev–Trinajstić information content (AvgIpc) is 2.46. The van der Waals surface area contributed by atoms with Crippen molar-refractivity contribution in [2.45, 2.75) is 0 Å². The van der Waals surface area contributed by atoms with Gasteiger partial charge in [0.2, 0.25) is 5.88 Å². The summed E-state index contributed by atoms with van der Waals surface area (Å²) >= 11 is 0. The molecule has 21 heavy (non-hydrogen) atoms. The first-order valence-corrected chi connectivity index (χ1v) is 6.33. The maximum atomic E-state index is 13.4. The smallest absolute Gasteiger partial charge is 0.219 e. The average molecular weight is 286 g/mol. The summed E-state index contributed by atoms with van der Waals surface area (Å²) in [6.07, 6.45) is 4.58. The van der Waals surface area contributed by atoms with Crippen LogP contribution in [-0.4, -0.2) is 29.8 Å². The highest BCUT2D eigenvalue weighted by atomic mass is 19.1. The van der Waals surface area contributed by atoms with E-state index >= 15 is 0 Å². The van der Waals surface area contributed by atoms with Crippen molar-refractivity contribution in [3.05, 3.63) is 66.3 Å². The van der Waals surface area contributed by atoms with Crippen molar-refractivity contribution in [1.29, 1.82) is 0 Å². The molecule has 0 amide bonds. The van der Waals surface area contributed by atoms with E-state index in [0.29, 0.717) is 5.88 Å². The molecule has 0 unspecified atom stereocenters. The van der Waals surface area contributed by atoms with E-state index in [9.17, 15) is 9.18 Å². The molecule has 0 atom stereocenters. The zero-order valence-electron chi connectivity index (χ0n) is 11.8. The minimum atomic E-state index is -0.478. The third-order valence-electron chi connectivity index (χ3n) is 2.59. The fourth-order valence-electron chi connectivity index (χ4n) is 1.61. The second-order valence-electron chi connectivity index (χ2n) is 4.55. The lowest BCUT2D eigenvalue weighted by molar-refractivity contribution is 0.104. The van der Waals surface area contributed by atoms with Crippen LogP contribution in [0.15, 0.2) is 54.9 Å². The number of carbonyl (C=O) groups is 1. The van der Waals surface area contributed by atoms with E-state index in [-0.39, 0.29) is 17.1 Å². The predicted molar refractivity (Wildman–Crippen MR) is 77.9 cm³/mol. The zero-order chi connectivity index (χ0) is 15.2. The maximum absolute atomic E-state index is 13.4. The van der Waals surface area contributed by atoms with Gasteiger partial charge < -0.3 is 9.64 Å². The van der Waals surface area contributed by atoms with Crippen molar-refractivity contribution in [3.63, 3.8) is 0 Å². The van der Waals surface area contributed by atoms with Crippen molar-refractivity contribution < 1.29 is 13.9 Å². The van der Waals surface area contributed by atoms with E-state index in [1.165, 1.54) is 24.3 Å². The summed E-state index contributed by atoms with van der Waals surface area (Å²) in [5.74, 6) is -0.306. The molecule has 0 aliphatic heterocycles. The third kappa shape index (κ3) is 4.14. The number of pyridine rings is 1. The number of aromatic nitrogens is 1. The summed E-state index contributed by atoms with van der Waals surface area (Å²) in [7, 11) is 3.61. The van der Waals surface area contributed by atoms with Crippen molar-refractivity contribution in [3.8, 4) is 11.6 Å². The Hall–Kier alpha value is -2.69. The number of halogens is 1. The van der Waals surface area contributed by atoms with Crippen LogP contribution in [0.3, 0.4) is 0 Å². The molecule has 0 N–H and O–H groups in total. The molecule has 0 spiro atoms. The van der Waals surface area contributed by atoms with Gasteiger partial charge in [0, 0.05) is 44.7 Å². The first-order valence-electron chi connectivity index (χ1n) is 6.33. The summed E-state index contributed by atoms with van der Waals surface area (Å²) in [5.41, 5.74) is 0.278. The number of carbonyl (C=O) groups excluding carboxylic acids is 1. The van der Waals surface area contributed by atoms with Gasteiger partial charge in [0.05, 0.1) is 5.56 Å². The van der Waals surface area contributed by atoms with Gasteiger partial charge in [-0.05, 0) is 18.2 Å². The Morgan fingerprint density at radius 1 is 1.29 bits per heavy atom. The fraction of sp³-hybridized carbons (Fsp3) is 0.125. The molecule has 0 saturated carbocycles. The molecule has 0 aliphatic rings. The lowest BCUT2D eigenvalue weighted by Crippen LogP contribution is -2.04. The second-order valence-corrected chi connectivity index (χ2v) is 4.55. The molecule has 2 rings (SSSR count). The van der Waals surface area contributed by atoms with Gasteiger partial charge in [0.1, 0.15) is 11.6 Å². The Kier molecular flexibility index (Phi) is 4.66. The van der Waals surface area contributed by atoms with Crippen LogP contribution in [0.1, 0.15) is 10.4 Å². The lowest BCUT2D eigenvalue weighted by atomic mass is 10.1. The normalized spacial score (nSPS) is 10.6. The Morgan fingerprint density at radius 3 is 2.76 bits per heavy atom. The van der Waals surface area contributed by atoms with Crippen LogP contribution < -0.4 is 4.74 Å². The Labute approximate surface area is 122 Å². The summed E-state index contributed by atoms with van der Waals surface area (Å²) in [5, 5.41) is 0. The van der Waals surface area contributed by atoms with Crippen molar-refractivity contribution in [2.75, 3.05) is 14.1 Å². The quantitative estimate of drug-likeness (QED) is 0.625. The number of rotatable bonds is 5. The Bertz CT molecular complexity index is 655.